The van der Waals surface area contributed by atoms with Gasteiger partial charge in [-0.05, 0) is 29.7 Å². The van der Waals surface area contributed by atoms with Gasteiger partial charge in [-0.25, -0.2) is 8.42 Å². The van der Waals surface area contributed by atoms with Crippen LogP contribution >= 0.6 is 0 Å². The molecule has 7 heteroatoms. The lowest BCUT2D eigenvalue weighted by atomic mass is 10.0. The molecule has 0 saturated carbocycles. The third-order valence-electron chi connectivity index (χ3n) is 3.32. The molecule has 108 valence electrons. The smallest absolute Gasteiger partial charge is 0.227 e. The van der Waals surface area contributed by atoms with Gasteiger partial charge in [-0.2, -0.15) is 9.57 Å². The lowest BCUT2D eigenvalue weighted by Gasteiger charge is -2.28. The Morgan fingerprint density at radius 1 is 1.25 bits per heavy atom. The minimum Gasteiger partial charge on any atom is -0.493 e. The topological polar surface area (TPSA) is 79.6 Å². The van der Waals surface area contributed by atoms with Crippen molar-refractivity contribution in [2.45, 2.75) is 13.0 Å². The first-order valence-electron chi connectivity index (χ1n) is 6.10. The third kappa shape index (κ3) is 2.71. The van der Waals surface area contributed by atoms with Crippen molar-refractivity contribution in [1.29, 1.82) is 5.26 Å². The number of hydrogen-bond donors (Lipinski definition) is 0. The normalized spacial score (nSPS) is 15.2. The number of benzene rings is 1. The number of nitriles is 1. The molecule has 1 aromatic rings. The highest BCUT2D eigenvalue weighted by Crippen LogP contribution is 2.33. The van der Waals surface area contributed by atoms with Crippen LogP contribution in [0.1, 0.15) is 11.1 Å². The Morgan fingerprint density at radius 3 is 2.40 bits per heavy atom. The van der Waals surface area contributed by atoms with E-state index in [1.165, 1.54) is 11.4 Å². The minimum atomic E-state index is -3.51. The molecule has 2 rings (SSSR count). The molecule has 0 fully saturated rings. The predicted octanol–water partition coefficient (Wildman–Crippen LogP) is 0.915. The Morgan fingerprint density at radius 2 is 1.85 bits per heavy atom. The van der Waals surface area contributed by atoms with Gasteiger partial charge in [0.25, 0.3) is 0 Å². The van der Waals surface area contributed by atoms with E-state index in [0.717, 1.165) is 11.1 Å². The van der Waals surface area contributed by atoms with E-state index in [2.05, 4.69) is 0 Å². The summed E-state index contributed by atoms with van der Waals surface area (Å²) >= 11 is 0. The van der Waals surface area contributed by atoms with Crippen LogP contribution in [0, 0.1) is 11.3 Å². The predicted molar refractivity (Wildman–Crippen MR) is 73.1 cm³/mol. The summed E-state index contributed by atoms with van der Waals surface area (Å²) in [5.74, 6) is 0.723. The van der Waals surface area contributed by atoms with Crippen LogP contribution in [0.5, 0.6) is 11.5 Å². The summed E-state index contributed by atoms with van der Waals surface area (Å²) in [5.41, 5.74) is 1.93. The van der Waals surface area contributed by atoms with Crippen LogP contribution < -0.4 is 9.47 Å². The number of ether oxygens (including phenoxy) is 2. The monoisotopic (exact) mass is 296 g/mol. The molecule has 0 atom stereocenters. The fourth-order valence-corrected chi connectivity index (χ4v) is 3.32. The Balaban J connectivity index is 2.33. The number of methoxy groups -OCH3 is 2. The van der Waals surface area contributed by atoms with Gasteiger partial charge in [-0.3, -0.25) is 0 Å². The van der Waals surface area contributed by atoms with E-state index in [1.54, 1.807) is 19.2 Å². The van der Waals surface area contributed by atoms with Crippen molar-refractivity contribution in [3.63, 3.8) is 0 Å². The van der Waals surface area contributed by atoms with Gasteiger partial charge in [0.1, 0.15) is 0 Å². The number of sulfonamides is 1. The fraction of sp³-hybridized carbons (Fsp3) is 0.462. The molecule has 0 amide bonds. The largest absolute Gasteiger partial charge is 0.493 e. The minimum absolute atomic E-state index is 0.264. The van der Waals surface area contributed by atoms with Gasteiger partial charge in [0.05, 0.1) is 20.3 Å². The number of rotatable bonds is 4. The molecule has 6 nitrogen and oxygen atoms in total. The van der Waals surface area contributed by atoms with E-state index in [4.69, 9.17) is 14.7 Å². The van der Waals surface area contributed by atoms with Crippen LogP contribution in [0.25, 0.3) is 0 Å². The summed E-state index contributed by atoms with van der Waals surface area (Å²) in [6.07, 6.45) is 0.598. The summed E-state index contributed by atoms with van der Waals surface area (Å²) < 4.78 is 35.6. The van der Waals surface area contributed by atoms with E-state index >= 15 is 0 Å². The van der Waals surface area contributed by atoms with Crippen molar-refractivity contribution < 1.29 is 17.9 Å². The second-order valence-electron chi connectivity index (χ2n) is 4.47. The molecule has 1 aliphatic heterocycles. The fourth-order valence-electron chi connectivity index (χ4n) is 2.27. The molecule has 1 heterocycles. The molecule has 0 aromatic heterocycles. The zero-order chi connectivity index (χ0) is 14.8. The Bertz CT molecular complexity index is 649. The summed E-state index contributed by atoms with van der Waals surface area (Å²) in [6.45, 7) is 0.645. The Labute approximate surface area is 118 Å². The summed E-state index contributed by atoms with van der Waals surface area (Å²) in [6, 6.07) is 5.37. The van der Waals surface area contributed by atoms with Gasteiger partial charge in [0.15, 0.2) is 17.3 Å². The molecule has 0 saturated heterocycles. The van der Waals surface area contributed by atoms with E-state index in [-0.39, 0.29) is 6.54 Å². The number of nitrogens with zero attached hydrogens (tertiary/aromatic N) is 2. The number of hydrogen-bond acceptors (Lipinski definition) is 5. The van der Waals surface area contributed by atoms with Gasteiger partial charge in [0.2, 0.25) is 10.0 Å². The maximum atomic E-state index is 11.9. The Hall–Kier alpha value is -1.78. The van der Waals surface area contributed by atoms with Crippen LogP contribution in [-0.2, 0) is 23.0 Å². The molecule has 0 spiro atoms. The van der Waals surface area contributed by atoms with Gasteiger partial charge in [-0.15, -0.1) is 0 Å². The average Bonchev–Trinajstić information content (AvgIpc) is 2.45. The van der Waals surface area contributed by atoms with E-state index in [9.17, 15) is 8.42 Å². The zero-order valence-corrected chi connectivity index (χ0v) is 12.2. The first-order valence-corrected chi connectivity index (χ1v) is 7.71. The maximum absolute atomic E-state index is 11.9. The molecule has 20 heavy (non-hydrogen) atoms. The average molecular weight is 296 g/mol. The molecule has 0 aliphatic carbocycles. The highest BCUT2D eigenvalue weighted by molar-refractivity contribution is 7.89. The summed E-state index contributed by atoms with van der Waals surface area (Å²) in [4.78, 5) is 0. The maximum Gasteiger partial charge on any atom is 0.227 e. The highest BCUT2D eigenvalue weighted by atomic mass is 32.2. The van der Waals surface area contributed by atoms with Gasteiger partial charge in [-0.1, -0.05) is 0 Å². The van der Waals surface area contributed by atoms with Crippen LogP contribution in [0.15, 0.2) is 12.1 Å². The van der Waals surface area contributed by atoms with E-state index < -0.39 is 15.8 Å². The van der Waals surface area contributed by atoms with Crippen LogP contribution in [0.4, 0.5) is 0 Å². The summed E-state index contributed by atoms with van der Waals surface area (Å²) in [5, 5.41) is 8.59. The molecule has 0 unspecified atom stereocenters. The lowest BCUT2D eigenvalue weighted by Crippen LogP contribution is -2.37. The molecular weight excluding hydrogens is 280 g/mol. The van der Waals surface area contributed by atoms with Crippen LogP contribution in [0.3, 0.4) is 0 Å². The van der Waals surface area contributed by atoms with Crippen molar-refractivity contribution in [3.8, 4) is 17.6 Å². The van der Waals surface area contributed by atoms with Crippen LogP contribution in [0.2, 0.25) is 0 Å². The highest BCUT2D eigenvalue weighted by Gasteiger charge is 2.27. The zero-order valence-electron chi connectivity index (χ0n) is 11.4. The van der Waals surface area contributed by atoms with Gasteiger partial charge >= 0.3 is 0 Å². The van der Waals surface area contributed by atoms with E-state index in [0.29, 0.717) is 24.5 Å². The van der Waals surface area contributed by atoms with Crippen molar-refractivity contribution in [3.05, 3.63) is 23.3 Å². The van der Waals surface area contributed by atoms with Crippen molar-refractivity contribution >= 4 is 10.0 Å². The quantitative estimate of drug-likeness (QED) is 0.825. The van der Waals surface area contributed by atoms with Gasteiger partial charge < -0.3 is 9.47 Å². The SMILES string of the molecule is COc1cc2c(cc1OC)CN(S(=O)(=O)CC#N)CC2. The molecule has 1 aromatic carbocycles. The second-order valence-corrected chi connectivity index (χ2v) is 6.44. The summed E-state index contributed by atoms with van der Waals surface area (Å²) in [7, 11) is -0.406. The number of fused-ring (bicyclic) bond motifs is 1. The van der Waals surface area contributed by atoms with E-state index in [1.807, 2.05) is 6.07 Å². The lowest BCUT2D eigenvalue weighted by molar-refractivity contribution is 0.349. The standard InChI is InChI=1S/C13H16N2O4S/c1-18-12-7-10-3-5-15(20(16,17)6-4-14)9-11(10)8-13(12)19-2/h7-8H,3,5-6,9H2,1-2H3. The Kier molecular flexibility index (Phi) is 4.16. The van der Waals surface area contributed by atoms with Crippen LogP contribution in [-0.4, -0.2) is 39.2 Å². The first-order chi connectivity index (χ1) is 9.51. The van der Waals surface area contributed by atoms with Gasteiger partial charge in [0, 0.05) is 13.1 Å². The molecular formula is C13H16N2O4S. The molecule has 0 radical (unpaired) electrons. The second kappa shape index (κ2) is 5.69. The molecule has 1 aliphatic rings. The molecule has 0 bridgehead atoms. The molecule has 0 N–H and O–H groups in total. The first kappa shape index (κ1) is 14.6. The van der Waals surface area contributed by atoms with Crippen molar-refractivity contribution in [2.24, 2.45) is 0 Å². The van der Waals surface area contributed by atoms with Crippen molar-refractivity contribution in [1.82, 2.24) is 4.31 Å². The third-order valence-corrected chi connectivity index (χ3v) is 4.92. The van der Waals surface area contributed by atoms with Crippen molar-refractivity contribution in [2.75, 3.05) is 26.5 Å².